The van der Waals surface area contributed by atoms with Crippen LogP contribution in [-0.2, 0) is 11.3 Å². The van der Waals surface area contributed by atoms with Crippen LogP contribution in [0.25, 0.3) is 0 Å². The standard InChI is InChI=1S/C22H21BrN6O5/c1-12(30)29-18(13-3-6-15(33-2)7-4-13)10-19(28-29)25-22-27-26-20(34-22)11-24-17-8-5-14(23)9-16(17)21(31)32/h3-9,18,24H,10-11H2,1-2H3,(H,31,32)(H,25,27,28). The average molecular weight is 529 g/mol. The molecule has 1 saturated heterocycles. The number of nitrogens with one attached hydrogen (secondary N) is 2. The lowest BCUT2D eigenvalue weighted by Crippen LogP contribution is -2.38. The third kappa shape index (κ3) is 5.17. The molecule has 4 rings (SSSR count). The van der Waals surface area contributed by atoms with E-state index in [0.29, 0.717) is 22.4 Å². The topological polar surface area (TPSA) is 142 Å². The molecule has 1 atom stereocenters. The fraction of sp³-hybridized carbons (Fsp3) is 0.227. The van der Waals surface area contributed by atoms with Gasteiger partial charge >= 0.3 is 12.0 Å². The Balaban J connectivity index is 1.46. The number of carboxylic acids is 1. The zero-order chi connectivity index (χ0) is 24.2. The minimum absolute atomic E-state index is 0.0208. The Kier molecular flexibility index (Phi) is 6.77. The smallest absolute Gasteiger partial charge is 0.344 e. The number of rotatable bonds is 7. The Hall–Kier alpha value is -3.93. The first-order valence-corrected chi connectivity index (χ1v) is 11.0. The number of amides is 1. The summed E-state index contributed by atoms with van der Waals surface area (Å²) in [6.45, 7) is 1.58. The van der Waals surface area contributed by atoms with Crippen LogP contribution in [0.1, 0.15) is 41.2 Å². The number of hydrogen-bond donors (Lipinski definition) is 3. The third-order valence-electron chi connectivity index (χ3n) is 5.12. The number of carbonyl (C=O) groups excluding carboxylic acids is 1. The Morgan fingerprint density at radius 2 is 2.06 bits per heavy atom. The van der Waals surface area contributed by atoms with Crippen molar-refractivity contribution in [3.05, 3.63) is 64.0 Å². The van der Waals surface area contributed by atoms with Gasteiger partial charge < -0.3 is 19.6 Å². The number of anilines is 1. The van der Waals surface area contributed by atoms with Gasteiger partial charge in [0.1, 0.15) is 11.6 Å². The molecule has 1 fully saturated rings. The Morgan fingerprint density at radius 1 is 1.29 bits per heavy atom. The normalized spacial score (nSPS) is 16.4. The lowest BCUT2D eigenvalue weighted by molar-refractivity contribution is -0.132. The highest BCUT2D eigenvalue weighted by atomic mass is 79.9. The van der Waals surface area contributed by atoms with Crippen molar-refractivity contribution in [1.82, 2.24) is 20.6 Å². The van der Waals surface area contributed by atoms with Crippen molar-refractivity contribution in [2.45, 2.75) is 25.9 Å². The van der Waals surface area contributed by atoms with Crippen molar-refractivity contribution in [2.75, 3.05) is 12.4 Å². The van der Waals surface area contributed by atoms with Gasteiger partial charge in [-0.15, -0.1) is 5.10 Å². The highest BCUT2D eigenvalue weighted by Crippen LogP contribution is 2.30. The number of benzene rings is 2. The van der Waals surface area contributed by atoms with Crippen LogP contribution in [0.4, 0.5) is 11.7 Å². The highest BCUT2D eigenvalue weighted by molar-refractivity contribution is 9.10. The van der Waals surface area contributed by atoms with E-state index in [9.17, 15) is 14.7 Å². The Labute approximate surface area is 202 Å². The molecule has 1 unspecified atom stereocenters. The maximum atomic E-state index is 12.2. The number of aliphatic imine (C=N–C) groups is 1. The predicted molar refractivity (Wildman–Crippen MR) is 126 cm³/mol. The fourth-order valence-corrected chi connectivity index (χ4v) is 3.86. The maximum Gasteiger partial charge on any atom is 0.344 e. The summed E-state index contributed by atoms with van der Waals surface area (Å²) < 4.78 is 11.4. The van der Waals surface area contributed by atoms with E-state index >= 15 is 0 Å². The summed E-state index contributed by atoms with van der Waals surface area (Å²) in [5.41, 5.74) is 4.45. The number of halogens is 1. The molecule has 3 N–H and O–H groups in total. The third-order valence-corrected chi connectivity index (χ3v) is 5.61. The molecule has 2 heterocycles. The second-order valence-electron chi connectivity index (χ2n) is 7.38. The number of amidine groups is 1. The number of aromatic nitrogens is 2. The number of hydrazine groups is 1. The molecule has 12 heteroatoms. The van der Waals surface area contributed by atoms with E-state index in [0.717, 1.165) is 11.3 Å². The summed E-state index contributed by atoms with van der Waals surface area (Å²) in [6, 6.07) is 12.1. The van der Waals surface area contributed by atoms with E-state index < -0.39 is 5.97 Å². The minimum atomic E-state index is -1.06. The van der Waals surface area contributed by atoms with E-state index in [1.165, 1.54) is 18.0 Å². The molecule has 0 radical (unpaired) electrons. The molecule has 176 valence electrons. The molecule has 0 aliphatic carbocycles. The monoisotopic (exact) mass is 528 g/mol. The van der Waals surface area contributed by atoms with Gasteiger partial charge in [0.25, 0.3) is 0 Å². The van der Waals surface area contributed by atoms with Crippen LogP contribution in [0.5, 0.6) is 5.75 Å². The first-order valence-electron chi connectivity index (χ1n) is 10.2. The molecule has 2 aromatic carbocycles. The molecular weight excluding hydrogens is 508 g/mol. The van der Waals surface area contributed by atoms with E-state index in [-0.39, 0.29) is 36.0 Å². The lowest BCUT2D eigenvalue weighted by atomic mass is 10.0. The first-order chi connectivity index (χ1) is 16.3. The average Bonchev–Trinajstić information content (AvgIpc) is 3.45. The van der Waals surface area contributed by atoms with Crippen LogP contribution in [0.15, 0.2) is 56.3 Å². The van der Waals surface area contributed by atoms with Crippen LogP contribution < -0.4 is 15.5 Å². The number of nitrogens with zero attached hydrogens (tertiary/aromatic N) is 4. The zero-order valence-electron chi connectivity index (χ0n) is 18.3. The summed E-state index contributed by atoms with van der Waals surface area (Å²) in [5, 5.41) is 21.7. The van der Waals surface area contributed by atoms with Crippen LogP contribution >= 0.6 is 15.9 Å². The van der Waals surface area contributed by atoms with Crippen molar-refractivity contribution < 1.29 is 23.8 Å². The van der Waals surface area contributed by atoms with Crippen molar-refractivity contribution in [3.63, 3.8) is 0 Å². The van der Waals surface area contributed by atoms with Gasteiger partial charge in [-0.2, -0.15) is 4.99 Å². The van der Waals surface area contributed by atoms with Gasteiger partial charge in [-0.1, -0.05) is 33.2 Å². The SMILES string of the molecule is COc1ccc(C2C/C(=N/c3nnc(CNc4ccc(Br)cc4C(=O)O)o3)NN2C(C)=O)cc1. The van der Waals surface area contributed by atoms with E-state index in [1.54, 1.807) is 19.2 Å². The molecule has 1 amide bonds. The Morgan fingerprint density at radius 3 is 2.74 bits per heavy atom. The van der Waals surface area contributed by atoms with Gasteiger partial charge in [-0.25, -0.2) is 9.80 Å². The molecular formula is C22H21BrN6O5. The predicted octanol–water partition coefficient (Wildman–Crippen LogP) is 3.68. The Bertz CT molecular complexity index is 1240. The van der Waals surface area contributed by atoms with Crippen LogP contribution in [0, 0.1) is 0 Å². The van der Waals surface area contributed by atoms with Crippen molar-refractivity contribution >= 4 is 45.3 Å². The largest absolute Gasteiger partial charge is 0.497 e. The second kappa shape index (κ2) is 9.91. The molecule has 1 aliphatic rings. The summed E-state index contributed by atoms with van der Waals surface area (Å²) in [5.74, 6) is 0.232. The molecule has 1 aromatic heterocycles. The number of carbonyl (C=O) groups is 2. The van der Waals surface area contributed by atoms with Gasteiger partial charge in [0.05, 0.1) is 25.3 Å². The number of methoxy groups -OCH3 is 1. The van der Waals surface area contributed by atoms with E-state index in [1.807, 2.05) is 24.3 Å². The minimum Gasteiger partial charge on any atom is -0.497 e. The second-order valence-corrected chi connectivity index (χ2v) is 8.30. The molecule has 0 bridgehead atoms. The quantitative estimate of drug-likeness (QED) is 0.418. The molecule has 0 spiro atoms. The molecule has 34 heavy (non-hydrogen) atoms. The molecule has 11 nitrogen and oxygen atoms in total. The van der Waals surface area contributed by atoms with Gasteiger partial charge in [0.15, 0.2) is 0 Å². The van der Waals surface area contributed by atoms with Crippen molar-refractivity contribution in [1.29, 1.82) is 0 Å². The van der Waals surface area contributed by atoms with E-state index in [2.05, 4.69) is 41.9 Å². The number of hydrogen-bond acceptors (Lipinski definition) is 8. The number of carboxylic acid groups (broad SMARTS) is 1. The van der Waals surface area contributed by atoms with Gasteiger partial charge in [-0.05, 0) is 35.9 Å². The fourth-order valence-electron chi connectivity index (χ4n) is 3.49. The molecule has 1 aliphatic heterocycles. The molecule has 3 aromatic rings. The van der Waals surface area contributed by atoms with Gasteiger partial charge in [0, 0.05) is 23.5 Å². The van der Waals surface area contributed by atoms with E-state index in [4.69, 9.17) is 9.15 Å². The number of aromatic carboxylic acids is 1. The first kappa shape index (κ1) is 23.2. The highest BCUT2D eigenvalue weighted by Gasteiger charge is 2.32. The van der Waals surface area contributed by atoms with Crippen LogP contribution in [-0.4, -0.2) is 45.1 Å². The summed E-state index contributed by atoms with van der Waals surface area (Å²) >= 11 is 3.26. The summed E-state index contributed by atoms with van der Waals surface area (Å²) in [7, 11) is 1.59. The van der Waals surface area contributed by atoms with Crippen molar-refractivity contribution in [2.24, 2.45) is 4.99 Å². The lowest BCUT2D eigenvalue weighted by Gasteiger charge is -2.22. The number of ether oxygens (including phenoxy) is 1. The zero-order valence-corrected chi connectivity index (χ0v) is 19.9. The maximum absolute atomic E-state index is 12.2. The summed E-state index contributed by atoms with van der Waals surface area (Å²) in [6.07, 6.45) is 0.433. The van der Waals surface area contributed by atoms with Crippen LogP contribution in [0.2, 0.25) is 0 Å². The van der Waals surface area contributed by atoms with Crippen LogP contribution in [0.3, 0.4) is 0 Å². The van der Waals surface area contributed by atoms with Crippen molar-refractivity contribution in [3.8, 4) is 5.75 Å². The van der Waals surface area contributed by atoms with Gasteiger partial charge in [0.2, 0.25) is 11.8 Å². The van der Waals surface area contributed by atoms with Gasteiger partial charge in [-0.3, -0.25) is 10.2 Å². The molecule has 0 saturated carbocycles. The summed E-state index contributed by atoms with van der Waals surface area (Å²) in [4.78, 5) is 27.9.